The highest BCUT2D eigenvalue weighted by Gasteiger charge is 2.11. The minimum absolute atomic E-state index is 0.339. The van der Waals surface area contributed by atoms with Gasteiger partial charge in [-0.05, 0) is 31.0 Å². The quantitative estimate of drug-likeness (QED) is 0.744. The second-order valence-electron chi connectivity index (χ2n) is 5.75. The lowest BCUT2D eigenvalue weighted by Crippen LogP contribution is -2.91. The minimum Gasteiger partial charge on any atom is -0.491 e. The highest BCUT2D eigenvalue weighted by molar-refractivity contribution is 5.20. The van der Waals surface area contributed by atoms with Crippen molar-refractivity contribution in [3.05, 3.63) is 66.2 Å². The van der Waals surface area contributed by atoms with E-state index in [0.29, 0.717) is 19.2 Å². The molecule has 0 aliphatic carbocycles. The van der Waals surface area contributed by atoms with Gasteiger partial charge in [0.05, 0.1) is 6.04 Å². The Balaban J connectivity index is 1.60. The summed E-state index contributed by atoms with van der Waals surface area (Å²) in [6, 6.07) is 20.6. The molecule has 2 rings (SSSR count). The molecule has 0 saturated heterocycles. The normalized spacial score (nSPS) is 13.5. The summed E-state index contributed by atoms with van der Waals surface area (Å²) in [5, 5.41) is 12.2. The molecule has 0 heterocycles. The molecular formula is C19H26NO2+. The van der Waals surface area contributed by atoms with Crippen molar-refractivity contribution >= 4 is 0 Å². The second kappa shape index (κ2) is 9.23. The summed E-state index contributed by atoms with van der Waals surface area (Å²) >= 11 is 0. The topological polar surface area (TPSA) is 46.1 Å². The Labute approximate surface area is 133 Å². The number of benzene rings is 2. The molecule has 0 aromatic heterocycles. The molecule has 0 saturated carbocycles. The zero-order chi connectivity index (χ0) is 15.6. The molecule has 2 aromatic rings. The van der Waals surface area contributed by atoms with Crippen molar-refractivity contribution in [3.8, 4) is 5.75 Å². The third kappa shape index (κ3) is 6.29. The Bertz CT molecular complexity index is 466. The minimum atomic E-state index is -0.445. The smallest absolute Gasteiger partial charge is 0.137 e. The molecule has 0 amide bonds. The zero-order valence-corrected chi connectivity index (χ0v) is 13.2. The highest BCUT2D eigenvalue weighted by Crippen LogP contribution is 2.08. The van der Waals surface area contributed by atoms with Crippen LogP contribution in [0.5, 0.6) is 5.75 Å². The maximum Gasteiger partial charge on any atom is 0.137 e. The van der Waals surface area contributed by atoms with Gasteiger partial charge in [-0.3, -0.25) is 0 Å². The van der Waals surface area contributed by atoms with Gasteiger partial charge in [0.1, 0.15) is 25.0 Å². The van der Waals surface area contributed by atoms with Crippen LogP contribution in [0.3, 0.4) is 0 Å². The Morgan fingerprint density at radius 3 is 2.32 bits per heavy atom. The van der Waals surface area contributed by atoms with Gasteiger partial charge < -0.3 is 15.2 Å². The lowest BCUT2D eigenvalue weighted by molar-refractivity contribution is -0.692. The number of rotatable bonds is 9. The van der Waals surface area contributed by atoms with Crippen LogP contribution < -0.4 is 10.1 Å². The maximum atomic E-state index is 9.99. The number of aliphatic hydroxyl groups is 1. The summed E-state index contributed by atoms with van der Waals surface area (Å²) < 4.78 is 5.56. The number of aliphatic hydroxyl groups excluding tert-OH is 1. The third-order valence-corrected chi connectivity index (χ3v) is 3.73. The number of hydrogen-bond acceptors (Lipinski definition) is 2. The van der Waals surface area contributed by atoms with Crippen molar-refractivity contribution in [1.29, 1.82) is 0 Å². The van der Waals surface area contributed by atoms with Crippen LogP contribution in [0.4, 0.5) is 0 Å². The first-order chi connectivity index (χ1) is 10.7. The molecule has 22 heavy (non-hydrogen) atoms. The standard InChI is InChI=1S/C19H25NO2/c1-16(12-13-17-8-4-2-5-9-17)20-14-18(21)15-22-19-10-6-3-7-11-19/h2-11,16,18,20-21H,12-15H2,1H3/p+1/t16-,18+/m0/s1. The van der Waals surface area contributed by atoms with E-state index in [1.165, 1.54) is 5.56 Å². The van der Waals surface area contributed by atoms with Gasteiger partial charge in [-0.1, -0.05) is 48.5 Å². The van der Waals surface area contributed by atoms with Crippen LogP contribution in [0.2, 0.25) is 0 Å². The van der Waals surface area contributed by atoms with Crippen LogP contribution >= 0.6 is 0 Å². The van der Waals surface area contributed by atoms with Crippen LogP contribution in [-0.4, -0.2) is 30.4 Å². The van der Waals surface area contributed by atoms with Gasteiger partial charge >= 0.3 is 0 Å². The van der Waals surface area contributed by atoms with E-state index in [-0.39, 0.29) is 0 Å². The first kappa shape index (κ1) is 16.5. The van der Waals surface area contributed by atoms with Gasteiger partial charge in [0.15, 0.2) is 0 Å². The third-order valence-electron chi connectivity index (χ3n) is 3.73. The SMILES string of the molecule is C[C@@H](CCc1ccccc1)[NH2+]C[C@@H](O)COc1ccccc1. The average Bonchev–Trinajstić information content (AvgIpc) is 2.58. The van der Waals surface area contributed by atoms with E-state index in [2.05, 4.69) is 36.5 Å². The van der Waals surface area contributed by atoms with Crippen molar-refractivity contribution in [1.82, 2.24) is 0 Å². The summed E-state index contributed by atoms with van der Waals surface area (Å²) in [5.41, 5.74) is 1.37. The number of hydrogen-bond donors (Lipinski definition) is 2. The van der Waals surface area contributed by atoms with Crippen molar-refractivity contribution in [3.63, 3.8) is 0 Å². The molecule has 0 bridgehead atoms. The van der Waals surface area contributed by atoms with Gasteiger partial charge in [0.2, 0.25) is 0 Å². The van der Waals surface area contributed by atoms with Crippen LogP contribution in [0.1, 0.15) is 18.9 Å². The van der Waals surface area contributed by atoms with E-state index >= 15 is 0 Å². The monoisotopic (exact) mass is 300 g/mol. The molecule has 0 aliphatic rings. The van der Waals surface area contributed by atoms with Crippen LogP contribution in [0, 0.1) is 0 Å². The highest BCUT2D eigenvalue weighted by atomic mass is 16.5. The summed E-state index contributed by atoms with van der Waals surface area (Å²) in [4.78, 5) is 0. The van der Waals surface area contributed by atoms with E-state index in [1.54, 1.807) is 0 Å². The first-order valence-corrected chi connectivity index (χ1v) is 7.97. The number of ether oxygens (including phenoxy) is 1. The van der Waals surface area contributed by atoms with E-state index in [0.717, 1.165) is 18.6 Å². The molecule has 0 aliphatic heterocycles. The van der Waals surface area contributed by atoms with Crippen molar-refractivity contribution in [2.24, 2.45) is 0 Å². The molecule has 0 radical (unpaired) electrons. The fourth-order valence-electron chi connectivity index (χ4n) is 2.32. The molecule has 2 aromatic carbocycles. The molecule has 3 heteroatoms. The predicted molar refractivity (Wildman–Crippen MR) is 89.0 cm³/mol. The molecule has 3 N–H and O–H groups in total. The fraction of sp³-hybridized carbons (Fsp3) is 0.368. The summed E-state index contributed by atoms with van der Waals surface area (Å²) in [6.07, 6.45) is 1.74. The first-order valence-electron chi connectivity index (χ1n) is 7.97. The molecule has 3 nitrogen and oxygen atoms in total. The molecule has 0 spiro atoms. The summed E-state index contributed by atoms with van der Waals surface area (Å²) in [7, 11) is 0. The van der Waals surface area contributed by atoms with Gasteiger partial charge in [0, 0.05) is 6.42 Å². The second-order valence-corrected chi connectivity index (χ2v) is 5.75. The molecule has 118 valence electrons. The van der Waals surface area contributed by atoms with Crippen molar-refractivity contribution < 1.29 is 15.2 Å². The van der Waals surface area contributed by atoms with Crippen molar-refractivity contribution in [2.45, 2.75) is 31.9 Å². The van der Waals surface area contributed by atoms with E-state index in [9.17, 15) is 5.11 Å². The van der Waals surface area contributed by atoms with Crippen LogP contribution in [0.25, 0.3) is 0 Å². The molecule has 2 atom stereocenters. The number of aryl methyl sites for hydroxylation is 1. The fourth-order valence-corrected chi connectivity index (χ4v) is 2.32. The Hall–Kier alpha value is -1.84. The zero-order valence-electron chi connectivity index (χ0n) is 13.2. The van der Waals surface area contributed by atoms with E-state index in [4.69, 9.17) is 4.74 Å². The Morgan fingerprint density at radius 2 is 1.64 bits per heavy atom. The van der Waals surface area contributed by atoms with Gasteiger partial charge in [0.25, 0.3) is 0 Å². The number of para-hydroxylation sites is 1. The van der Waals surface area contributed by atoms with Gasteiger partial charge in [-0.2, -0.15) is 0 Å². The molecule has 0 unspecified atom stereocenters. The van der Waals surface area contributed by atoms with Crippen molar-refractivity contribution in [2.75, 3.05) is 13.2 Å². The lowest BCUT2D eigenvalue weighted by atomic mass is 10.1. The Morgan fingerprint density at radius 1 is 1.00 bits per heavy atom. The predicted octanol–water partition coefficient (Wildman–Crippen LogP) is 2.01. The van der Waals surface area contributed by atoms with Crippen LogP contribution in [0.15, 0.2) is 60.7 Å². The average molecular weight is 300 g/mol. The molecular weight excluding hydrogens is 274 g/mol. The van der Waals surface area contributed by atoms with E-state index < -0.39 is 6.10 Å². The van der Waals surface area contributed by atoms with Gasteiger partial charge in [-0.15, -0.1) is 0 Å². The Kier molecular flexibility index (Phi) is 6.94. The largest absolute Gasteiger partial charge is 0.491 e. The van der Waals surface area contributed by atoms with E-state index in [1.807, 2.05) is 36.4 Å². The van der Waals surface area contributed by atoms with Crippen LogP contribution in [-0.2, 0) is 6.42 Å². The number of nitrogens with two attached hydrogens (primary N) is 1. The lowest BCUT2D eigenvalue weighted by Gasteiger charge is -2.15. The summed E-state index contributed by atoms with van der Waals surface area (Å²) in [5.74, 6) is 0.804. The maximum absolute atomic E-state index is 9.99. The number of quaternary nitrogens is 1. The van der Waals surface area contributed by atoms with Gasteiger partial charge in [-0.25, -0.2) is 0 Å². The molecule has 0 fully saturated rings. The summed E-state index contributed by atoms with van der Waals surface area (Å²) in [6.45, 7) is 3.21.